The number of rotatable bonds is 4. The molecule has 2 rings (SSSR count). The van der Waals surface area contributed by atoms with Gasteiger partial charge in [0.2, 0.25) is 0 Å². The van der Waals surface area contributed by atoms with E-state index < -0.39 is 5.97 Å². The summed E-state index contributed by atoms with van der Waals surface area (Å²) in [5.74, 6) is -0.744. The summed E-state index contributed by atoms with van der Waals surface area (Å²) in [6.07, 6.45) is 4.26. The minimum Gasteiger partial charge on any atom is -0.476 e. The number of aromatic carboxylic acids is 1. The quantitative estimate of drug-likeness (QED) is 0.861. The van der Waals surface area contributed by atoms with Gasteiger partial charge in [0.15, 0.2) is 5.69 Å². The molecule has 0 aliphatic carbocycles. The van der Waals surface area contributed by atoms with Crippen LogP contribution in [0.15, 0.2) is 12.5 Å². The van der Waals surface area contributed by atoms with E-state index in [0.29, 0.717) is 5.95 Å². The van der Waals surface area contributed by atoms with Crippen molar-refractivity contribution < 1.29 is 9.90 Å². The van der Waals surface area contributed by atoms with Gasteiger partial charge >= 0.3 is 5.97 Å². The lowest BCUT2D eigenvalue weighted by Crippen LogP contribution is -2.08. The molecule has 0 amide bonds. The number of carboxylic acid groups (broad SMARTS) is 1. The van der Waals surface area contributed by atoms with Crippen LogP contribution in [0, 0.1) is 0 Å². The molecule has 0 bridgehead atoms. The predicted octanol–water partition coefficient (Wildman–Crippen LogP) is 0.880. The first-order valence-corrected chi connectivity index (χ1v) is 5.65. The fourth-order valence-corrected chi connectivity index (χ4v) is 1.58. The Morgan fingerprint density at radius 2 is 2.00 bits per heavy atom. The van der Waals surface area contributed by atoms with Crippen LogP contribution in [0.1, 0.15) is 35.7 Å². The molecule has 0 spiro atoms. The Bertz CT molecular complexity index is 579. The Labute approximate surface area is 104 Å². The van der Waals surface area contributed by atoms with Crippen LogP contribution >= 0.6 is 0 Å². The second kappa shape index (κ2) is 4.91. The summed E-state index contributed by atoms with van der Waals surface area (Å²) in [6, 6.07) is 0. The summed E-state index contributed by atoms with van der Waals surface area (Å²) in [5, 5.41) is 16.9. The smallest absolute Gasteiger partial charge is 0.356 e. The minimum absolute atomic E-state index is 0.0452. The molecule has 2 aromatic heterocycles. The standard InChI is InChI=1S/C11H13N5O2/c1-3-7-8(4-2)14-15-11(13-7)16-5-9(10(17)18)12-6-16/h5-6H,3-4H2,1-2H3,(H,17,18). The van der Waals surface area contributed by atoms with Crippen LogP contribution < -0.4 is 0 Å². The van der Waals surface area contributed by atoms with Crippen LogP contribution in [-0.2, 0) is 12.8 Å². The van der Waals surface area contributed by atoms with Crippen LogP contribution in [0.4, 0.5) is 0 Å². The minimum atomic E-state index is -1.08. The van der Waals surface area contributed by atoms with Crippen LogP contribution in [0.25, 0.3) is 5.95 Å². The molecule has 7 nitrogen and oxygen atoms in total. The molecule has 2 aromatic rings. The monoisotopic (exact) mass is 247 g/mol. The van der Waals surface area contributed by atoms with E-state index in [1.54, 1.807) is 0 Å². The number of carbonyl (C=O) groups is 1. The molecule has 18 heavy (non-hydrogen) atoms. The van der Waals surface area contributed by atoms with E-state index in [-0.39, 0.29) is 5.69 Å². The van der Waals surface area contributed by atoms with E-state index in [4.69, 9.17) is 5.11 Å². The second-order valence-electron chi connectivity index (χ2n) is 3.68. The van der Waals surface area contributed by atoms with Gasteiger partial charge in [0, 0.05) is 6.20 Å². The molecule has 7 heteroatoms. The van der Waals surface area contributed by atoms with Gasteiger partial charge in [-0.1, -0.05) is 13.8 Å². The maximum atomic E-state index is 10.7. The van der Waals surface area contributed by atoms with Crippen molar-refractivity contribution in [2.45, 2.75) is 26.7 Å². The van der Waals surface area contributed by atoms with Gasteiger partial charge in [-0.15, -0.1) is 10.2 Å². The Kier molecular flexibility index (Phi) is 3.31. The lowest BCUT2D eigenvalue weighted by molar-refractivity contribution is 0.0691. The number of hydrogen-bond donors (Lipinski definition) is 1. The van der Waals surface area contributed by atoms with E-state index in [1.165, 1.54) is 17.1 Å². The van der Waals surface area contributed by atoms with Crippen molar-refractivity contribution in [3.63, 3.8) is 0 Å². The summed E-state index contributed by atoms with van der Waals surface area (Å²) in [5.41, 5.74) is 1.68. The fourth-order valence-electron chi connectivity index (χ4n) is 1.58. The third-order valence-corrected chi connectivity index (χ3v) is 2.53. The van der Waals surface area contributed by atoms with Gasteiger partial charge in [-0.2, -0.15) is 0 Å². The average Bonchev–Trinajstić information content (AvgIpc) is 2.87. The number of imidazole rings is 1. The van der Waals surface area contributed by atoms with Crippen LogP contribution in [0.3, 0.4) is 0 Å². The molecule has 2 heterocycles. The lowest BCUT2D eigenvalue weighted by Gasteiger charge is -2.05. The molecular formula is C11H13N5O2. The van der Waals surface area contributed by atoms with Crippen LogP contribution in [0.5, 0.6) is 0 Å². The molecule has 0 atom stereocenters. The van der Waals surface area contributed by atoms with Crippen molar-refractivity contribution in [1.29, 1.82) is 0 Å². The van der Waals surface area contributed by atoms with Gasteiger partial charge in [0.25, 0.3) is 5.95 Å². The van der Waals surface area contributed by atoms with E-state index in [0.717, 1.165) is 24.2 Å². The van der Waals surface area contributed by atoms with Crippen LogP contribution in [0.2, 0.25) is 0 Å². The average molecular weight is 247 g/mol. The molecule has 1 N–H and O–H groups in total. The first-order valence-electron chi connectivity index (χ1n) is 5.65. The Hall–Kier alpha value is -2.31. The maximum Gasteiger partial charge on any atom is 0.356 e. The third kappa shape index (κ3) is 2.20. The number of hydrogen-bond acceptors (Lipinski definition) is 5. The number of nitrogens with zero attached hydrogens (tertiary/aromatic N) is 5. The van der Waals surface area contributed by atoms with Gasteiger partial charge in [-0.3, -0.25) is 4.57 Å². The topological polar surface area (TPSA) is 93.8 Å². The van der Waals surface area contributed by atoms with E-state index >= 15 is 0 Å². The summed E-state index contributed by atoms with van der Waals surface area (Å²) in [6.45, 7) is 3.98. The number of aromatic nitrogens is 5. The van der Waals surface area contributed by atoms with Crippen molar-refractivity contribution in [1.82, 2.24) is 24.7 Å². The molecule has 0 radical (unpaired) electrons. The highest BCUT2D eigenvalue weighted by molar-refractivity contribution is 5.85. The van der Waals surface area contributed by atoms with Crippen molar-refractivity contribution in [2.75, 3.05) is 0 Å². The SMILES string of the molecule is CCc1nnc(-n2cnc(C(=O)O)c2)nc1CC. The zero-order chi connectivity index (χ0) is 13.1. The van der Waals surface area contributed by atoms with Gasteiger partial charge < -0.3 is 5.11 Å². The first-order chi connectivity index (χ1) is 8.65. The lowest BCUT2D eigenvalue weighted by atomic mass is 10.2. The third-order valence-electron chi connectivity index (χ3n) is 2.53. The van der Waals surface area contributed by atoms with E-state index in [2.05, 4.69) is 20.2 Å². The normalized spacial score (nSPS) is 10.6. The van der Waals surface area contributed by atoms with Crippen molar-refractivity contribution in [3.05, 3.63) is 29.6 Å². The first kappa shape index (κ1) is 12.2. The Balaban J connectivity index is 2.41. The highest BCUT2D eigenvalue weighted by atomic mass is 16.4. The maximum absolute atomic E-state index is 10.7. The van der Waals surface area contributed by atoms with Gasteiger partial charge in [0.05, 0.1) is 11.4 Å². The molecule has 0 fully saturated rings. The van der Waals surface area contributed by atoms with Gasteiger partial charge in [-0.25, -0.2) is 14.8 Å². The molecule has 0 unspecified atom stereocenters. The summed E-state index contributed by atoms with van der Waals surface area (Å²) in [4.78, 5) is 18.8. The summed E-state index contributed by atoms with van der Waals surface area (Å²) in [7, 11) is 0. The largest absolute Gasteiger partial charge is 0.476 e. The molecule has 94 valence electrons. The van der Waals surface area contributed by atoms with Crippen molar-refractivity contribution >= 4 is 5.97 Å². The second-order valence-corrected chi connectivity index (χ2v) is 3.68. The number of carboxylic acids is 1. The molecule has 0 saturated carbocycles. The van der Waals surface area contributed by atoms with Gasteiger partial charge in [-0.05, 0) is 12.8 Å². The fraction of sp³-hybridized carbons (Fsp3) is 0.364. The highest BCUT2D eigenvalue weighted by Gasteiger charge is 2.11. The molecule has 0 saturated heterocycles. The van der Waals surface area contributed by atoms with Crippen LogP contribution in [-0.4, -0.2) is 35.8 Å². The van der Waals surface area contributed by atoms with E-state index in [1.807, 2.05) is 13.8 Å². The van der Waals surface area contributed by atoms with E-state index in [9.17, 15) is 4.79 Å². The predicted molar refractivity (Wildman–Crippen MR) is 62.7 cm³/mol. The molecule has 0 aliphatic heterocycles. The molecular weight excluding hydrogens is 234 g/mol. The van der Waals surface area contributed by atoms with Crippen molar-refractivity contribution in [2.24, 2.45) is 0 Å². The van der Waals surface area contributed by atoms with Crippen molar-refractivity contribution in [3.8, 4) is 5.95 Å². The molecule has 0 aliphatic rings. The Morgan fingerprint density at radius 1 is 1.28 bits per heavy atom. The Morgan fingerprint density at radius 3 is 2.56 bits per heavy atom. The van der Waals surface area contributed by atoms with Gasteiger partial charge in [0.1, 0.15) is 6.33 Å². The summed E-state index contributed by atoms with van der Waals surface area (Å²) >= 11 is 0. The zero-order valence-corrected chi connectivity index (χ0v) is 10.2. The summed E-state index contributed by atoms with van der Waals surface area (Å²) < 4.78 is 1.45. The highest BCUT2D eigenvalue weighted by Crippen LogP contribution is 2.08. The zero-order valence-electron chi connectivity index (χ0n) is 10.2. The number of aryl methyl sites for hydroxylation is 2. The molecule has 0 aromatic carbocycles.